The van der Waals surface area contributed by atoms with Crippen molar-refractivity contribution >= 4 is 29.9 Å². The lowest BCUT2D eigenvalue weighted by Crippen LogP contribution is -2.38. The number of aliphatic imine (C=N–C) groups is 1. The third kappa shape index (κ3) is 13.2. The Morgan fingerprint density at radius 2 is 2.00 bits per heavy atom. The SMILES string of the molecule is CCNC(=NCCCOC1CCOC1)NCCCCC(C)(C)C.I. The Balaban J connectivity index is 0.00000529. The molecule has 1 aliphatic heterocycles. The molecule has 0 aromatic heterocycles. The quantitative estimate of drug-likeness (QED) is 0.229. The summed E-state index contributed by atoms with van der Waals surface area (Å²) in [5.41, 5.74) is 0.433. The van der Waals surface area contributed by atoms with E-state index >= 15 is 0 Å². The number of rotatable bonds is 10. The van der Waals surface area contributed by atoms with Crippen LogP contribution in [0, 0.1) is 5.41 Å². The fourth-order valence-electron chi connectivity index (χ4n) is 2.48. The van der Waals surface area contributed by atoms with Crippen molar-refractivity contribution in [1.29, 1.82) is 0 Å². The van der Waals surface area contributed by atoms with Crippen LogP contribution < -0.4 is 10.6 Å². The smallest absolute Gasteiger partial charge is 0.191 e. The van der Waals surface area contributed by atoms with Gasteiger partial charge in [-0.15, -0.1) is 24.0 Å². The van der Waals surface area contributed by atoms with Gasteiger partial charge >= 0.3 is 0 Å². The first kappa shape index (κ1) is 23.9. The second-order valence-electron chi connectivity index (χ2n) is 7.42. The molecule has 1 fully saturated rings. The summed E-state index contributed by atoms with van der Waals surface area (Å²) < 4.78 is 11.1. The lowest BCUT2D eigenvalue weighted by molar-refractivity contribution is 0.0424. The van der Waals surface area contributed by atoms with Gasteiger partial charge in [-0.25, -0.2) is 0 Å². The number of guanidine groups is 1. The van der Waals surface area contributed by atoms with Crippen LogP contribution in [0.1, 0.15) is 59.8 Å². The summed E-state index contributed by atoms with van der Waals surface area (Å²) >= 11 is 0. The van der Waals surface area contributed by atoms with Gasteiger partial charge in [-0.05, 0) is 38.0 Å². The van der Waals surface area contributed by atoms with Crippen LogP contribution in [-0.2, 0) is 9.47 Å². The highest BCUT2D eigenvalue weighted by atomic mass is 127. The van der Waals surface area contributed by atoms with Crippen LogP contribution in [0.25, 0.3) is 0 Å². The van der Waals surface area contributed by atoms with Crippen LogP contribution in [0.2, 0.25) is 0 Å². The van der Waals surface area contributed by atoms with E-state index in [4.69, 9.17) is 9.47 Å². The Labute approximate surface area is 165 Å². The average Bonchev–Trinajstić information content (AvgIpc) is 2.98. The number of unbranched alkanes of at least 4 members (excludes halogenated alkanes) is 1. The van der Waals surface area contributed by atoms with Crippen LogP contribution in [0.4, 0.5) is 0 Å². The molecule has 1 aliphatic rings. The van der Waals surface area contributed by atoms with E-state index in [1.165, 1.54) is 19.3 Å². The zero-order chi connectivity index (χ0) is 17.0. The fourth-order valence-corrected chi connectivity index (χ4v) is 2.48. The summed E-state index contributed by atoms with van der Waals surface area (Å²) in [6, 6.07) is 0. The number of ether oxygens (including phenoxy) is 2. The van der Waals surface area contributed by atoms with Crippen LogP contribution in [0.5, 0.6) is 0 Å². The Morgan fingerprint density at radius 1 is 1.21 bits per heavy atom. The zero-order valence-electron chi connectivity index (χ0n) is 16.0. The molecule has 0 radical (unpaired) electrons. The highest BCUT2D eigenvalue weighted by molar-refractivity contribution is 14.0. The molecule has 0 bridgehead atoms. The van der Waals surface area contributed by atoms with E-state index in [0.29, 0.717) is 11.5 Å². The summed E-state index contributed by atoms with van der Waals surface area (Å²) in [5.74, 6) is 0.924. The minimum absolute atomic E-state index is 0. The number of nitrogens with one attached hydrogen (secondary N) is 2. The molecule has 6 heteroatoms. The van der Waals surface area contributed by atoms with Gasteiger partial charge in [0.15, 0.2) is 5.96 Å². The maximum atomic E-state index is 5.75. The molecule has 1 saturated heterocycles. The zero-order valence-corrected chi connectivity index (χ0v) is 18.4. The second-order valence-corrected chi connectivity index (χ2v) is 7.42. The Hall–Kier alpha value is -0.0800. The van der Waals surface area contributed by atoms with Crippen molar-refractivity contribution in [3.8, 4) is 0 Å². The Morgan fingerprint density at radius 3 is 2.62 bits per heavy atom. The maximum Gasteiger partial charge on any atom is 0.191 e. The Kier molecular flexibility index (Phi) is 14.1. The molecule has 0 spiro atoms. The Bertz CT molecular complexity index is 327. The molecule has 1 unspecified atom stereocenters. The highest BCUT2D eigenvalue weighted by Crippen LogP contribution is 2.21. The van der Waals surface area contributed by atoms with Crippen LogP contribution in [-0.4, -0.2) is 51.5 Å². The minimum Gasteiger partial charge on any atom is -0.379 e. The molecule has 1 rings (SSSR count). The van der Waals surface area contributed by atoms with Gasteiger partial charge in [0.05, 0.1) is 12.7 Å². The van der Waals surface area contributed by atoms with Crippen LogP contribution in [0.15, 0.2) is 4.99 Å². The molecule has 144 valence electrons. The second kappa shape index (κ2) is 14.1. The predicted octanol–water partition coefficient (Wildman–Crippen LogP) is 3.57. The standard InChI is InChI=1S/C18H37N3O2.HI/c1-5-19-17(20-11-7-6-10-18(2,3)4)21-12-8-13-23-16-9-14-22-15-16;/h16H,5-15H2,1-4H3,(H2,19,20,21);1H. The number of nitrogens with zero attached hydrogens (tertiary/aromatic N) is 1. The van der Waals surface area contributed by atoms with Crippen LogP contribution >= 0.6 is 24.0 Å². The van der Waals surface area contributed by atoms with E-state index in [9.17, 15) is 0 Å². The van der Waals surface area contributed by atoms with Crippen molar-refractivity contribution < 1.29 is 9.47 Å². The van der Waals surface area contributed by atoms with Crippen molar-refractivity contribution in [3.63, 3.8) is 0 Å². The van der Waals surface area contributed by atoms with E-state index in [1.807, 2.05) is 0 Å². The fraction of sp³-hybridized carbons (Fsp3) is 0.944. The summed E-state index contributed by atoms with van der Waals surface area (Å²) in [6.45, 7) is 14.0. The van der Waals surface area contributed by atoms with Gasteiger partial charge in [0.25, 0.3) is 0 Å². The van der Waals surface area contributed by atoms with E-state index in [2.05, 4.69) is 43.3 Å². The van der Waals surface area contributed by atoms with Crippen molar-refractivity contribution in [1.82, 2.24) is 10.6 Å². The molecule has 2 N–H and O–H groups in total. The molecular formula is C18H38IN3O2. The molecule has 5 nitrogen and oxygen atoms in total. The maximum absolute atomic E-state index is 5.75. The van der Waals surface area contributed by atoms with Crippen molar-refractivity contribution in [2.75, 3.05) is 39.5 Å². The predicted molar refractivity (Wildman–Crippen MR) is 112 cm³/mol. The van der Waals surface area contributed by atoms with E-state index < -0.39 is 0 Å². The molecule has 1 heterocycles. The third-order valence-corrected chi connectivity index (χ3v) is 3.80. The van der Waals surface area contributed by atoms with E-state index in [0.717, 1.165) is 58.3 Å². The van der Waals surface area contributed by atoms with Gasteiger partial charge in [-0.2, -0.15) is 0 Å². The first-order chi connectivity index (χ1) is 11.0. The molecule has 0 amide bonds. The van der Waals surface area contributed by atoms with Gasteiger partial charge in [0, 0.05) is 32.8 Å². The summed E-state index contributed by atoms with van der Waals surface area (Å²) in [7, 11) is 0. The summed E-state index contributed by atoms with van der Waals surface area (Å²) in [5, 5.41) is 6.72. The normalized spacial score (nSPS) is 18.3. The largest absolute Gasteiger partial charge is 0.379 e. The summed E-state index contributed by atoms with van der Waals surface area (Å²) in [6.07, 6.45) is 6.00. The topological polar surface area (TPSA) is 54.9 Å². The monoisotopic (exact) mass is 455 g/mol. The van der Waals surface area contributed by atoms with Crippen molar-refractivity contribution in [2.24, 2.45) is 10.4 Å². The van der Waals surface area contributed by atoms with Gasteiger partial charge in [-0.1, -0.05) is 27.2 Å². The van der Waals surface area contributed by atoms with E-state index in [1.54, 1.807) is 0 Å². The van der Waals surface area contributed by atoms with Crippen molar-refractivity contribution in [3.05, 3.63) is 0 Å². The van der Waals surface area contributed by atoms with E-state index in [-0.39, 0.29) is 24.0 Å². The number of halogens is 1. The number of hydrogen-bond acceptors (Lipinski definition) is 3. The molecular weight excluding hydrogens is 417 g/mol. The summed E-state index contributed by atoms with van der Waals surface area (Å²) in [4.78, 5) is 4.61. The molecule has 0 saturated carbocycles. The molecule has 0 aliphatic carbocycles. The lowest BCUT2D eigenvalue weighted by Gasteiger charge is -2.18. The minimum atomic E-state index is 0. The molecule has 24 heavy (non-hydrogen) atoms. The van der Waals surface area contributed by atoms with Gasteiger partial charge in [0.2, 0.25) is 0 Å². The number of hydrogen-bond donors (Lipinski definition) is 2. The highest BCUT2D eigenvalue weighted by Gasteiger charge is 2.15. The third-order valence-electron chi connectivity index (χ3n) is 3.80. The molecule has 0 aromatic carbocycles. The van der Waals surface area contributed by atoms with Gasteiger partial charge in [-0.3, -0.25) is 4.99 Å². The molecule has 1 atom stereocenters. The van der Waals surface area contributed by atoms with Crippen LogP contribution in [0.3, 0.4) is 0 Å². The van der Waals surface area contributed by atoms with Gasteiger partial charge < -0.3 is 20.1 Å². The lowest BCUT2D eigenvalue weighted by atomic mass is 9.90. The first-order valence-corrected chi connectivity index (χ1v) is 9.23. The molecule has 0 aromatic rings. The average molecular weight is 455 g/mol. The van der Waals surface area contributed by atoms with Gasteiger partial charge in [0.1, 0.15) is 0 Å². The van der Waals surface area contributed by atoms with Crippen molar-refractivity contribution in [2.45, 2.75) is 65.9 Å². The first-order valence-electron chi connectivity index (χ1n) is 9.23.